The highest BCUT2D eigenvalue weighted by molar-refractivity contribution is 5.52. The highest BCUT2D eigenvalue weighted by Gasteiger charge is 2.54. The zero-order valence-corrected chi connectivity index (χ0v) is 16.5. The number of piperidine rings is 3. The summed E-state index contributed by atoms with van der Waals surface area (Å²) in [5.74, 6) is 4.02. The summed E-state index contributed by atoms with van der Waals surface area (Å²) in [5.41, 5.74) is 3.38. The van der Waals surface area contributed by atoms with Crippen molar-refractivity contribution in [3.05, 3.63) is 41.3 Å². The van der Waals surface area contributed by atoms with Crippen LogP contribution >= 0.6 is 0 Å². The van der Waals surface area contributed by atoms with E-state index < -0.39 is 0 Å². The van der Waals surface area contributed by atoms with Crippen molar-refractivity contribution in [2.75, 3.05) is 31.3 Å². The summed E-state index contributed by atoms with van der Waals surface area (Å²) >= 11 is 0. The third-order valence-electron chi connectivity index (χ3n) is 7.14. The van der Waals surface area contributed by atoms with Crippen molar-refractivity contribution >= 4 is 5.82 Å². The number of aryl methyl sites for hydroxylation is 2. The van der Waals surface area contributed by atoms with Crippen LogP contribution in [-0.4, -0.2) is 53.4 Å². The number of ether oxygens (including phenoxy) is 2. The fourth-order valence-corrected chi connectivity index (χ4v) is 5.90. The lowest BCUT2D eigenvalue weighted by molar-refractivity contribution is 0.0354. The number of fused-ring (bicyclic) bond motifs is 3. The first-order chi connectivity index (χ1) is 13.7. The molecule has 1 aromatic carbocycles. The summed E-state index contributed by atoms with van der Waals surface area (Å²) in [6, 6.07) is 7.56. The Morgan fingerprint density at radius 2 is 1.86 bits per heavy atom. The fourth-order valence-electron chi connectivity index (χ4n) is 5.90. The Kier molecular flexibility index (Phi) is 3.60. The van der Waals surface area contributed by atoms with Crippen molar-refractivity contribution in [3.63, 3.8) is 0 Å². The molecule has 0 spiro atoms. The Hall–Kier alpha value is -2.34. The van der Waals surface area contributed by atoms with Gasteiger partial charge in [-0.25, -0.2) is 4.98 Å². The maximum absolute atomic E-state index is 5.67. The average Bonchev–Trinajstić information content (AvgIpc) is 3.36. The second kappa shape index (κ2) is 6.08. The molecule has 0 radical (unpaired) electrons. The second-order valence-electron chi connectivity index (χ2n) is 8.65. The standard InChI is InChI=1S/C22H26N4O2/c1-13-10-23-14(2)22(24-13)26-11-17(16-3-4-18-19(9-16)28-12-27-18)21-20(26)15-5-7-25(21)8-6-15/h3-4,9-10,15,17,20-21H,5-8,11-12H2,1-2H3/t17-,20+,21+/m1/s1. The van der Waals surface area contributed by atoms with Crippen LogP contribution in [0.15, 0.2) is 24.4 Å². The predicted octanol–water partition coefficient (Wildman–Crippen LogP) is 2.89. The van der Waals surface area contributed by atoms with Crippen molar-refractivity contribution in [1.29, 1.82) is 0 Å². The summed E-state index contributed by atoms with van der Waals surface area (Å²) in [7, 11) is 0. The minimum Gasteiger partial charge on any atom is -0.454 e. The van der Waals surface area contributed by atoms with E-state index in [2.05, 4.69) is 39.9 Å². The number of hydrogen-bond donors (Lipinski definition) is 0. The lowest BCUT2D eigenvalue weighted by Crippen LogP contribution is -2.60. The van der Waals surface area contributed by atoms with E-state index in [1.54, 1.807) is 0 Å². The molecule has 3 atom stereocenters. The molecule has 0 saturated carbocycles. The molecular weight excluding hydrogens is 352 g/mol. The molecule has 5 aliphatic rings. The number of benzene rings is 1. The highest BCUT2D eigenvalue weighted by atomic mass is 16.7. The van der Waals surface area contributed by atoms with Crippen LogP contribution in [0, 0.1) is 19.8 Å². The molecule has 2 aromatic rings. The molecule has 0 amide bonds. The number of anilines is 1. The van der Waals surface area contributed by atoms with E-state index in [1.165, 1.54) is 31.5 Å². The van der Waals surface area contributed by atoms with Gasteiger partial charge in [-0.15, -0.1) is 0 Å². The van der Waals surface area contributed by atoms with Crippen LogP contribution in [0.5, 0.6) is 11.5 Å². The van der Waals surface area contributed by atoms with Crippen LogP contribution in [0.2, 0.25) is 0 Å². The molecule has 0 N–H and O–H groups in total. The topological polar surface area (TPSA) is 50.7 Å². The number of rotatable bonds is 2. The summed E-state index contributed by atoms with van der Waals surface area (Å²) < 4.78 is 11.2. The van der Waals surface area contributed by atoms with Gasteiger partial charge in [0.2, 0.25) is 6.79 Å². The molecule has 6 nitrogen and oxygen atoms in total. The first-order valence-corrected chi connectivity index (χ1v) is 10.4. The molecule has 5 aliphatic heterocycles. The molecular formula is C22H26N4O2. The van der Waals surface area contributed by atoms with E-state index in [0.717, 1.165) is 41.2 Å². The zero-order valence-electron chi connectivity index (χ0n) is 16.5. The Morgan fingerprint density at radius 3 is 2.71 bits per heavy atom. The van der Waals surface area contributed by atoms with E-state index in [-0.39, 0.29) is 0 Å². The minimum absolute atomic E-state index is 0.327. The molecule has 146 valence electrons. The van der Waals surface area contributed by atoms with Crippen molar-refractivity contribution in [2.45, 2.75) is 44.7 Å². The summed E-state index contributed by atoms with van der Waals surface area (Å²) in [6.07, 6.45) is 4.46. The SMILES string of the molecule is Cc1cnc(C)c(N2C[C@H](c3ccc4c(c3)OCO4)[C@H]3[C@@H]2C2CCN3CC2)n1. The van der Waals surface area contributed by atoms with E-state index >= 15 is 0 Å². The van der Waals surface area contributed by atoms with Gasteiger partial charge in [-0.2, -0.15) is 0 Å². The largest absolute Gasteiger partial charge is 0.454 e. The lowest BCUT2D eigenvalue weighted by atomic mass is 9.75. The Morgan fingerprint density at radius 1 is 1.04 bits per heavy atom. The summed E-state index contributed by atoms with van der Waals surface area (Å²) in [4.78, 5) is 14.8. The molecule has 0 unspecified atom stereocenters. The number of nitrogens with zero attached hydrogens (tertiary/aromatic N) is 4. The molecule has 4 fully saturated rings. The lowest BCUT2D eigenvalue weighted by Gasteiger charge is -2.51. The van der Waals surface area contributed by atoms with Gasteiger partial charge in [0.05, 0.1) is 11.4 Å². The third-order valence-corrected chi connectivity index (χ3v) is 7.14. The van der Waals surface area contributed by atoms with Crippen LogP contribution in [0.3, 0.4) is 0 Å². The fraction of sp³-hybridized carbons (Fsp3) is 0.545. The zero-order chi connectivity index (χ0) is 18.8. The first kappa shape index (κ1) is 16.6. The highest BCUT2D eigenvalue weighted by Crippen LogP contribution is 2.49. The van der Waals surface area contributed by atoms with Gasteiger partial charge in [0.15, 0.2) is 17.3 Å². The van der Waals surface area contributed by atoms with Gasteiger partial charge in [0, 0.05) is 30.7 Å². The van der Waals surface area contributed by atoms with E-state index in [9.17, 15) is 0 Å². The Labute approximate surface area is 165 Å². The third kappa shape index (κ3) is 2.37. The maximum atomic E-state index is 5.67. The van der Waals surface area contributed by atoms with Gasteiger partial charge in [-0.1, -0.05) is 6.07 Å². The van der Waals surface area contributed by atoms with Gasteiger partial charge < -0.3 is 14.4 Å². The second-order valence-corrected chi connectivity index (χ2v) is 8.65. The molecule has 7 rings (SSSR count). The molecule has 1 aromatic heterocycles. The van der Waals surface area contributed by atoms with Crippen molar-refractivity contribution in [2.24, 2.45) is 5.92 Å². The average molecular weight is 378 g/mol. The smallest absolute Gasteiger partial charge is 0.231 e. The van der Waals surface area contributed by atoms with Crippen molar-refractivity contribution in [1.82, 2.24) is 14.9 Å². The molecule has 6 heterocycles. The van der Waals surface area contributed by atoms with E-state index in [4.69, 9.17) is 14.5 Å². The summed E-state index contributed by atoms with van der Waals surface area (Å²) in [6.45, 7) is 7.88. The van der Waals surface area contributed by atoms with E-state index in [1.807, 2.05) is 13.1 Å². The molecule has 4 saturated heterocycles. The minimum atomic E-state index is 0.327. The van der Waals surface area contributed by atoms with Crippen LogP contribution < -0.4 is 14.4 Å². The van der Waals surface area contributed by atoms with Crippen LogP contribution in [0.25, 0.3) is 0 Å². The quantitative estimate of drug-likeness (QED) is 0.801. The van der Waals surface area contributed by atoms with Crippen molar-refractivity contribution in [3.8, 4) is 11.5 Å². The normalized spacial score (nSPS) is 32.6. The van der Waals surface area contributed by atoms with Crippen LogP contribution in [0.4, 0.5) is 5.82 Å². The van der Waals surface area contributed by atoms with Gasteiger partial charge in [0.25, 0.3) is 0 Å². The number of hydrogen-bond acceptors (Lipinski definition) is 6. The van der Waals surface area contributed by atoms with Crippen LogP contribution in [-0.2, 0) is 0 Å². The van der Waals surface area contributed by atoms with Gasteiger partial charge in [-0.3, -0.25) is 9.88 Å². The van der Waals surface area contributed by atoms with Gasteiger partial charge >= 0.3 is 0 Å². The Balaban J connectivity index is 1.43. The molecule has 0 aliphatic carbocycles. The number of aromatic nitrogens is 2. The van der Waals surface area contributed by atoms with Gasteiger partial charge in [-0.05, 0) is 63.4 Å². The summed E-state index contributed by atoms with van der Waals surface area (Å²) in [5, 5.41) is 0. The van der Waals surface area contributed by atoms with Crippen LogP contribution in [0.1, 0.15) is 35.7 Å². The first-order valence-electron chi connectivity index (χ1n) is 10.4. The maximum Gasteiger partial charge on any atom is 0.231 e. The molecule has 6 heteroatoms. The molecule has 2 bridgehead atoms. The van der Waals surface area contributed by atoms with Gasteiger partial charge in [0.1, 0.15) is 0 Å². The van der Waals surface area contributed by atoms with Crippen molar-refractivity contribution < 1.29 is 9.47 Å². The predicted molar refractivity (Wildman–Crippen MR) is 106 cm³/mol. The monoisotopic (exact) mass is 378 g/mol. The van der Waals surface area contributed by atoms with E-state index in [0.29, 0.717) is 24.8 Å². The molecule has 28 heavy (non-hydrogen) atoms. The Bertz CT molecular complexity index is 925.